The van der Waals surface area contributed by atoms with E-state index in [-0.39, 0.29) is 23.7 Å². The number of halogens is 3. The lowest BCUT2D eigenvalue weighted by Gasteiger charge is -2.39. The Morgan fingerprint density at radius 3 is 2.29 bits per heavy atom. The van der Waals surface area contributed by atoms with Crippen molar-refractivity contribution in [3.8, 4) is 0 Å². The van der Waals surface area contributed by atoms with Crippen LogP contribution in [0.4, 0.5) is 0 Å². The van der Waals surface area contributed by atoms with Crippen LogP contribution in [0, 0.1) is 11.8 Å². The van der Waals surface area contributed by atoms with Crippen LogP contribution in [0.5, 0.6) is 0 Å². The van der Waals surface area contributed by atoms with Gasteiger partial charge in [-0.15, -0.1) is 34.8 Å². The number of alkyl halides is 3. The number of carbonyl (C=O) groups excluding carboxylic acids is 2. The van der Waals surface area contributed by atoms with E-state index in [4.69, 9.17) is 34.8 Å². The SMILES string of the molecule is CC(CCl)CC1C(=O)N(C)/C(=C/C(C)C(Cl)Cl)C(=O)N1C. The molecule has 1 rings (SSSR count). The van der Waals surface area contributed by atoms with Gasteiger partial charge >= 0.3 is 0 Å². The minimum Gasteiger partial charge on any atom is -0.328 e. The molecule has 21 heavy (non-hydrogen) atoms. The highest BCUT2D eigenvalue weighted by Gasteiger charge is 2.39. The summed E-state index contributed by atoms with van der Waals surface area (Å²) in [6.45, 7) is 3.75. The summed E-state index contributed by atoms with van der Waals surface area (Å²) < 4.78 is 0. The zero-order chi connectivity index (χ0) is 16.3. The predicted octanol–water partition coefficient (Wildman–Crippen LogP) is 2.87. The molecule has 0 bridgehead atoms. The van der Waals surface area contributed by atoms with Crippen LogP contribution in [-0.4, -0.2) is 52.5 Å². The molecule has 3 atom stereocenters. The van der Waals surface area contributed by atoms with E-state index in [9.17, 15) is 9.59 Å². The van der Waals surface area contributed by atoms with Crippen molar-refractivity contribution in [3.63, 3.8) is 0 Å². The molecule has 0 radical (unpaired) electrons. The van der Waals surface area contributed by atoms with Crippen molar-refractivity contribution in [3.05, 3.63) is 11.8 Å². The van der Waals surface area contributed by atoms with Gasteiger partial charge in [0.15, 0.2) is 0 Å². The molecule has 120 valence electrons. The van der Waals surface area contributed by atoms with Gasteiger partial charge in [-0.2, -0.15) is 0 Å². The first-order valence-corrected chi connectivity index (χ1v) is 8.22. The lowest BCUT2D eigenvalue weighted by atomic mass is 9.98. The van der Waals surface area contributed by atoms with Crippen LogP contribution >= 0.6 is 34.8 Å². The van der Waals surface area contributed by atoms with Crippen molar-refractivity contribution in [2.75, 3.05) is 20.0 Å². The fraction of sp³-hybridized carbons (Fsp3) is 0.714. The van der Waals surface area contributed by atoms with E-state index in [1.807, 2.05) is 6.92 Å². The molecule has 1 fully saturated rings. The molecule has 0 spiro atoms. The molecule has 1 heterocycles. The van der Waals surface area contributed by atoms with Crippen molar-refractivity contribution in [1.82, 2.24) is 9.80 Å². The van der Waals surface area contributed by atoms with Gasteiger partial charge in [-0.05, 0) is 18.4 Å². The van der Waals surface area contributed by atoms with E-state index in [2.05, 4.69) is 0 Å². The summed E-state index contributed by atoms with van der Waals surface area (Å²) >= 11 is 17.4. The predicted molar refractivity (Wildman–Crippen MR) is 86.6 cm³/mol. The van der Waals surface area contributed by atoms with Crippen LogP contribution in [0.2, 0.25) is 0 Å². The lowest BCUT2D eigenvalue weighted by Crippen LogP contribution is -2.56. The number of piperazine rings is 1. The lowest BCUT2D eigenvalue weighted by molar-refractivity contribution is -0.149. The van der Waals surface area contributed by atoms with Gasteiger partial charge in [0.05, 0.1) is 0 Å². The molecular weight excluding hydrogens is 335 g/mol. The van der Waals surface area contributed by atoms with Gasteiger partial charge in [-0.3, -0.25) is 9.59 Å². The molecule has 0 saturated carbocycles. The highest BCUT2D eigenvalue weighted by molar-refractivity contribution is 6.44. The zero-order valence-electron chi connectivity index (χ0n) is 12.6. The van der Waals surface area contributed by atoms with Crippen molar-refractivity contribution in [1.29, 1.82) is 0 Å². The Labute approximate surface area is 141 Å². The average Bonchev–Trinajstić information content (AvgIpc) is 2.45. The minimum absolute atomic E-state index is 0.117. The van der Waals surface area contributed by atoms with Crippen molar-refractivity contribution >= 4 is 46.6 Å². The average molecular weight is 356 g/mol. The van der Waals surface area contributed by atoms with Crippen molar-refractivity contribution in [2.24, 2.45) is 11.8 Å². The molecule has 1 aliphatic heterocycles. The molecule has 2 amide bonds. The Balaban J connectivity index is 3.02. The molecule has 4 nitrogen and oxygen atoms in total. The third-order valence-electron chi connectivity index (χ3n) is 3.69. The quantitative estimate of drug-likeness (QED) is 0.562. The Bertz CT molecular complexity index is 440. The van der Waals surface area contributed by atoms with Crippen LogP contribution in [0.25, 0.3) is 0 Å². The van der Waals surface area contributed by atoms with Crippen molar-refractivity contribution < 1.29 is 9.59 Å². The monoisotopic (exact) mass is 354 g/mol. The number of hydrogen-bond donors (Lipinski definition) is 0. The van der Waals surface area contributed by atoms with Gasteiger partial charge < -0.3 is 9.80 Å². The van der Waals surface area contributed by atoms with Crippen LogP contribution in [-0.2, 0) is 9.59 Å². The van der Waals surface area contributed by atoms with E-state index in [1.165, 1.54) is 9.80 Å². The number of likely N-dealkylation sites (N-methyl/N-ethyl adjacent to an activating group) is 2. The summed E-state index contributed by atoms with van der Waals surface area (Å²) in [6.07, 6.45) is 2.19. The highest BCUT2D eigenvalue weighted by Crippen LogP contribution is 2.26. The van der Waals surface area contributed by atoms with Gasteiger partial charge in [-0.1, -0.05) is 13.8 Å². The number of allylic oxidation sites excluding steroid dienone is 1. The Kier molecular flexibility index (Phi) is 6.82. The van der Waals surface area contributed by atoms with Gasteiger partial charge in [0.1, 0.15) is 16.6 Å². The fourth-order valence-corrected chi connectivity index (χ4v) is 2.45. The number of amides is 2. The minimum atomic E-state index is -0.631. The fourth-order valence-electron chi connectivity index (χ4n) is 2.18. The van der Waals surface area contributed by atoms with E-state index in [1.54, 1.807) is 27.1 Å². The number of rotatable bonds is 5. The summed E-state index contributed by atoms with van der Waals surface area (Å²) in [5, 5.41) is 0. The Morgan fingerprint density at radius 2 is 1.81 bits per heavy atom. The second kappa shape index (κ2) is 7.70. The highest BCUT2D eigenvalue weighted by atomic mass is 35.5. The van der Waals surface area contributed by atoms with Gasteiger partial charge in [0.25, 0.3) is 5.91 Å². The normalized spacial score (nSPS) is 25.0. The number of nitrogens with zero attached hydrogens (tertiary/aromatic N) is 2. The summed E-state index contributed by atoms with van der Waals surface area (Å²) in [4.78, 5) is 27.2. The maximum absolute atomic E-state index is 12.5. The standard InChI is InChI=1S/C14H21Cl3N2O2/c1-8(7-15)5-10-13(20)19(4)11(14(21)18(10)3)6-9(2)12(16)17/h6,8-10,12H,5,7H2,1-4H3/b11-6+. The second-order valence-corrected chi connectivity index (χ2v) is 7.04. The molecular formula is C14H21Cl3N2O2. The molecule has 0 N–H and O–H groups in total. The van der Waals surface area contributed by atoms with E-state index >= 15 is 0 Å². The summed E-state index contributed by atoms with van der Waals surface area (Å²) in [6, 6.07) is -0.480. The molecule has 1 aliphatic rings. The van der Waals surface area contributed by atoms with E-state index in [0.717, 1.165) is 0 Å². The second-order valence-electron chi connectivity index (χ2n) is 5.57. The molecule has 0 aromatic carbocycles. The molecule has 0 aromatic heterocycles. The third kappa shape index (κ3) is 4.27. The number of hydrogen-bond acceptors (Lipinski definition) is 2. The first-order valence-electron chi connectivity index (χ1n) is 6.81. The van der Waals surface area contributed by atoms with E-state index < -0.39 is 10.9 Å². The molecule has 3 unspecified atom stereocenters. The Morgan fingerprint density at radius 1 is 1.24 bits per heavy atom. The topological polar surface area (TPSA) is 40.6 Å². The maximum Gasteiger partial charge on any atom is 0.270 e. The maximum atomic E-state index is 12.5. The van der Waals surface area contributed by atoms with Crippen LogP contribution in [0.1, 0.15) is 20.3 Å². The van der Waals surface area contributed by atoms with E-state index in [0.29, 0.717) is 18.0 Å². The van der Waals surface area contributed by atoms with Crippen molar-refractivity contribution in [2.45, 2.75) is 31.1 Å². The third-order valence-corrected chi connectivity index (χ3v) is 5.01. The van der Waals surface area contributed by atoms with Crippen LogP contribution < -0.4 is 0 Å². The Hall–Kier alpha value is -0.450. The first kappa shape index (κ1) is 18.6. The van der Waals surface area contributed by atoms with Crippen LogP contribution in [0.3, 0.4) is 0 Å². The molecule has 0 aliphatic carbocycles. The smallest absolute Gasteiger partial charge is 0.270 e. The molecule has 7 heteroatoms. The van der Waals surface area contributed by atoms with Gasteiger partial charge in [-0.25, -0.2) is 0 Å². The summed E-state index contributed by atoms with van der Waals surface area (Å²) in [5.41, 5.74) is 0.316. The molecule has 1 saturated heterocycles. The zero-order valence-corrected chi connectivity index (χ0v) is 14.9. The van der Waals surface area contributed by atoms with Gasteiger partial charge in [0, 0.05) is 25.9 Å². The summed E-state index contributed by atoms with van der Waals surface area (Å²) in [7, 11) is 3.23. The number of carbonyl (C=O) groups is 2. The first-order chi connectivity index (χ1) is 9.70. The van der Waals surface area contributed by atoms with Gasteiger partial charge in [0.2, 0.25) is 5.91 Å². The summed E-state index contributed by atoms with van der Waals surface area (Å²) in [5.74, 6) is 0.0612. The van der Waals surface area contributed by atoms with Crippen LogP contribution in [0.15, 0.2) is 11.8 Å². The largest absolute Gasteiger partial charge is 0.328 e. The molecule has 0 aromatic rings.